The number of rotatable bonds is 17. The van der Waals surface area contributed by atoms with Crippen LogP contribution in [0.25, 0.3) is 0 Å². The molecule has 0 spiro atoms. The van der Waals surface area contributed by atoms with Gasteiger partial charge in [0.15, 0.2) is 0 Å². The zero-order valence-corrected chi connectivity index (χ0v) is 21.4. The van der Waals surface area contributed by atoms with Crippen molar-refractivity contribution >= 4 is 47.4 Å². The lowest BCUT2D eigenvalue weighted by atomic mass is 10.0. The highest BCUT2D eigenvalue weighted by Gasteiger charge is 2.31. The molecule has 3 amide bonds. The van der Waals surface area contributed by atoms with Crippen molar-refractivity contribution in [1.82, 2.24) is 16.0 Å². The number of carbonyl (C=O) groups is 6. The second-order valence-electron chi connectivity index (χ2n) is 8.31. The first kappa shape index (κ1) is 32.2. The number of carboxylic acid groups (broad SMARTS) is 3. The fourth-order valence-electron chi connectivity index (χ4n) is 3.19. The van der Waals surface area contributed by atoms with Crippen molar-refractivity contribution in [2.45, 2.75) is 56.3 Å². The number of thioether (sulfide) groups is 1. The number of carboxylic acids is 3. The van der Waals surface area contributed by atoms with Crippen LogP contribution in [0.3, 0.4) is 0 Å². The van der Waals surface area contributed by atoms with Crippen molar-refractivity contribution in [3.63, 3.8) is 0 Å². The molecule has 1 aromatic rings. The van der Waals surface area contributed by atoms with Crippen LogP contribution in [0.15, 0.2) is 24.3 Å². The molecule has 4 atom stereocenters. The summed E-state index contributed by atoms with van der Waals surface area (Å²) in [7, 11) is 0. The Hall–Kier alpha value is -3.85. The van der Waals surface area contributed by atoms with E-state index >= 15 is 0 Å². The maximum atomic E-state index is 13.2. The summed E-state index contributed by atoms with van der Waals surface area (Å²) in [6.07, 6.45) is 0.0953. The summed E-state index contributed by atoms with van der Waals surface area (Å²) in [5.41, 5.74) is 6.42. The summed E-state index contributed by atoms with van der Waals surface area (Å²) < 4.78 is 0. The van der Waals surface area contributed by atoms with E-state index in [1.54, 1.807) is 0 Å². The normalized spacial score (nSPS) is 13.8. The van der Waals surface area contributed by atoms with E-state index in [-0.39, 0.29) is 12.2 Å². The Balaban J connectivity index is 3.16. The lowest BCUT2D eigenvalue weighted by molar-refractivity contribution is -0.147. The average molecular weight is 557 g/mol. The van der Waals surface area contributed by atoms with Gasteiger partial charge >= 0.3 is 17.9 Å². The number of nitrogens with one attached hydrogen (secondary N) is 3. The summed E-state index contributed by atoms with van der Waals surface area (Å²) >= 11 is 1.47. The Kier molecular flexibility index (Phi) is 13.6. The van der Waals surface area contributed by atoms with Gasteiger partial charge in [-0.15, -0.1) is 0 Å². The van der Waals surface area contributed by atoms with Crippen molar-refractivity contribution in [2.24, 2.45) is 5.73 Å². The minimum Gasteiger partial charge on any atom is -0.508 e. The summed E-state index contributed by atoms with van der Waals surface area (Å²) in [5, 5.41) is 43.5. The van der Waals surface area contributed by atoms with E-state index < -0.39 is 79.1 Å². The van der Waals surface area contributed by atoms with Gasteiger partial charge < -0.3 is 42.1 Å². The van der Waals surface area contributed by atoms with E-state index in [4.69, 9.17) is 15.9 Å². The quantitative estimate of drug-likeness (QED) is 0.114. The van der Waals surface area contributed by atoms with Gasteiger partial charge in [-0.05, 0) is 42.5 Å². The Bertz CT molecular complexity index is 1000. The number of hydrogen-bond donors (Lipinski definition) is 8. The van der Waals surface area contributed by atoms with E-state index in [0.29, 0.717) is 17.7 Å². The lowest BCUT2D eigenvalue weighted by Gasteiger charge is -2.25. The predicted molar refractivity (Wildman–Crippen MR) is 135 cm³/mol. The molecule has 4 unspecified atom stereocenters. The van der Waals surface area contributed by atoms with Crippen LogP contribution >= 0.6 is 11.8 Å². The Morgan fingerprint density at radius 1 is 0.816 bits per heavy atom. The second-order valence-corrected chi connectivity index (χ2v) is 9.30. The van der Waals surface area contributed by atoms with Crippen LogP contribution in [0.2, 0.25) is 0 Å². The number of aliphatic carboxylic acids is 3. The van der Waals surface area contributed by atoms with Gasteiger partial charge in [-0.1, -0.05) is 12.1 Å². The van der Waals surface area contributed by atoms with Crippen molar-refractivity contribution in [1.29, 1.82) is 0 Å². The van der Waals surface area contributed by atoms with Crippen molar-refractivity contribution in [3.8, 4) is 5.75 Å². The first-order valence-corrected chi connectivity index (χ1v) is 12.8. The molecule has 0 aliphatic carbocycles. The first-order chi connectivity index (χ1) is 17.8. The molecule has 0 saturated carbocycles. The Morgan fingerprint density at radius 2 is 1.37 bits per heavy atom. The molecule has 14 nitrogen and oxygen atoms in total. The van der Waals surface area contributed by atoms with Gasteiger partial charge in [0.2, 0.25) is 17.7 Å². The van der Waals surface area contributed by atoms with Gasteiger partial charge in [0.1, 0.15) is 23.9 Å². The fourth-order valence-corrected chi connectivity index (χ4v) is 3.68. The van der Waals surface area contributed by atoms with Crippen LogP contribution in [0.4, 0.5) is 0 Å². The maximum absolute atomic E-state index is 13.2. The highest BCUT2D eigenvalue weighted by Crippen LogP contribution is 2.12. The smallest absolute Gasteiger partial charge is 0.326 e. The molecule has 0 aromatic heterocycles. The van der Waals surface area contributed by atoms with Gasteiger partial charge in [0.05, 0.1) is 12.5 Å². The van der Waals surface area contributed by atoms with E-state index in [9.17, 15) is 39.0 Å². The van der Waals surface area contributed by atoms with Crippen molar-refractivity contribution < 1.29 is 49.2 Å². The lowest BCUT2D eigenvalue weighted by Crippen LogP contribution is -2.57. The summed E-state index contributed by atoms with van der Waals surface area (Å²) in [6.45, 7) is 0. The molecule has 0 radical (unpaired) electrons. The van der Waals surface area contributed by atoms with E-state index in [2.05, 4.69) is 10.6 Å². The van der Waals surface area contributed by atoms with Crippen molar-refractivity contribution in [2.75, 3.05) is 12.0 Å². The van der Waals surface area contributed by atoms with E-state index in [0.717, 1.165) is 0 Å². The highest BCUT2D eigenvalue weighted by atomic mass is 32.2. The standard InChI is InChI=1S/C23H32N4O10S/c1-38-9-8-14(24)20(33)26-16(10-12-2-4-13(28)5-3-12)22(35)25-15(6-7-18(29)30)21(34)27-17(23(36)37)11-19(31)32/h2-5,14-17,28H,6-11,24H2,1H3,(H,25,35)(H,26,33)(H,27,34)(H,29,30)(H,31,32)(H,36,37). The zero-order chi connectivity index (χ0) is 28.8. The highest BCUT2D eigenvalue weighted by molar-refractivity contribution is 7.98. The molecule has 38 heavy (non-hydrogen) atoms. The summed E-state index contributed by atoms with van der Waals surface area (Å²) in [4.78, 5) is 71.9. The zero-order valence-electron chi connectivity index (χ0n) is 20.6. The fraction of sp³-hybridized carbons (Fsp3) is 0.478. The minimum atomic E-state index is -1.83. The number of phenolic OH excluding ortho intramolecular Hbond substituents is 1. The molecule has 0 heterocycles. The largest absolute Gasteiger partial charge is 0.508 e. The van der Waals surface area contributed by atoms with Crippen molar-refractivity contribution in [3.05, 3.63) is 29.8 Å². The topological polar surface area (TPSA) is 245 Å². The van der Waals surface area contributed by atoms with E-state index in [1.165, 1.54) is 36.0 Å². The number of hydrogen-bond acceptors (Lipinski definition) is 9. The molecular formula is C23H32N4O10S. The average Bonchev–Trinajstić information content (AvgIpc) is 2.84. The van der Waals surface area contributed by atoms with Crippen LogP contribution in [0.5, 0.6) is 5.75 Å². The molecular weight excluding hydrogens is 524 g/mol. The molecule has 1 rings (SSSR count). The third kappa shape index (κ3) is 11.9. The summed E-state index contributed by atoms with van der Waals surface area (Å²) in [6, 6.07) is 0.158. The minimum absolute atomic E-state index is 0.0300. The third-order valence-corrected chi connectivity index (χ3v) is 5.90. The molecule has 0 aliphatic heterocycles. The summed E-state index contributed by atoms with van der Waals surface area (Å²) in [5.74, 6) is -6.53. The van der Waals surface area contributed by atoms with Gasteiger partial charge in [-0.2, -0.15) is 11.8 Å². The molecule has 210 valence electrons. The molecule has 15 heteroatoms. The van der Waals surface area contributed by atoms with Crippen LogP contribution < -0.4 is 21.7 Å². The number of benzene rings is 1. The van der Waals surface area contributed by atoms with Gasteiger partial charge in [0.25, 0.3) is 0 Å². The number of nitrogens with two attached hydrogens (primary N) is 1. The Labute approximate surface area is 222 Å². The second kappa shape index (κ2) is 16.1. The molecule has 0 fully saturated rings. The first-order valence-electron chi connectivity index (χ1n) is 11.4. The van der Waals surface area contributed by atoms with Gasteiger partial charge in [-0.25, -0.2) is 4.79 Å². The predicted octanol–water partition coefficient (Wildman–Crippen LogP) is -1.11. The maximum Gasteiger partial charge on any atom is 0.326 e. The molecule has 1 aromatic carbocycles. The monoisotopic (exact) mass is 556 g/mol. The van der Waals surface area contributed by atoms with E-state index in [1.807, 2.05) is 11.6 Å². The number of amides is 3. The van der Waals surface area contributed by atoms with Gasteiger partial charge in [0, 0.05) is 12.8 Å². The third-order valence-electron chi connectivity index (χ3n) is 5.25. The van der Waals surface area contributed by atoms with Gasteiger partial charge in [-0.3, -0.25) is 24.0 Å². The molecule has 9 N–H and O–H groups in total. The SMILES string of the molecule is CSCCC(N)C(=O)NC(Cc1ccc(O)cc1)C(=O)NC(CCC(=O)O)C(=O)NC(CC(=O)O)C(=O)O. The molecule has 0 aliphatic rings. The van der Waals surface area contributed by atoms with Crippen LogP contribution in [0, 0.1) is 0 Å². The van der Waals surface area contributed by atoms with Crippen LogP contribution in [0.1, 0.15) is 31.2 Å². The Morgan fingerprint density at radius 3 is 1.89 bits per heavy atom. The number of aromatic hydroxyl groups is 1. The number of phenols is 1. The number of carbonyl (C=O) groups excluding carboxylic acids is 3. The van der Waals surface area contributed by atoms with Crippen LogP contribution in [-0.2, 0) is 35.2 Å². The molecule has 0 saturated heterocycles. The molecule has 0 bridgehead atoms. The van der Waals surface area contributed by atoms with Crippen LogP contribution in [-0.4, -0.2) is 92.2 Å².